The van der Waals surface area contributed by atoms with Crippen molar-refractivity contribution in [2.45, 2.75) is 19.4 Å². The van der Waals surface area contributed by atoms with Gasteiger partial charge in [0.05, 0.1) is 0 Å². The van der Waals surface area contributed by atoms with Crippen molar-refractivity contribution >= 4 is 5.78 Å². The Labute approximate surface area is 93.5 Å². The Morgan fingerprint density at radius 1 is 1.38 bits per heavy atom. The minimum Gasteiger partial charge on any atom is -0.388 e. The molecule has 1 aromatic rings. The summed E-state index contributed by atoms with van der Waals surface area (Å²) in [6.07, 6.45) is -0.706. The first-order valence-corrected chi connectivity index (χ1v) is 5.10. The van der Waals surface area contributed by atoms with E-state index < -0.39 is 18.5 Å². The van der Waals surface area contributed by atoms with Crippen molar-refractivity contribution in [1.29, 1.82) is 0 Å². The average molecular weight is 226 g/mol. The number of carbonyl (C=O) groups is 1. The number of aliphatic hydroxyl groups is 2. The van der Waals surface area contributed by atoms with E-state index in [-0.39, 0.29) is 11.7 Å². The van der Waals surface area contributed by atoms with Gasteiger partial charge >= 0.3 is 0 Å². The van der Waals surface area contributed by atoms with Crippen molar-refractivity contribution in [3.8, 4) is 0 Å². The Kier molecular flexibility index (Phi) is 4.58. The van der Waals surface area contributed by atoms with Gasteiger partial charge in [0.1, 0.15) is 18.5 Å². The normalized spacial score (nSPS) is 14.5. The highest BCUT2D eigenvalue weighted by atomic mass is 19.1. The van der Waals surface area contributed by atoms with E-state index in [0.29, 0.717) is 6.42 Å². The second-order valence-corrected chi connectivity index (χ2v) is 3.88. The van der Waals surface area contributed by atoms with Crippen LogP contribution in [0.25, 0.3) is 0 Å². The van der Waals surface area contributed by atoms with Gasteiger partial charge in [0.25, 0.3) is 0 Å². The predicted octanol–water partition coefficient (Wildman–Crippen LogP) is 0.927. The molecule has 0 aliphatic heterocycles. The lowest BCUT2D eigenvalue weighted by molar-refractivity contribution is -0.132. The maximum atomic E-state index is 12.6. The molecule has 2 N–H and O–H groups in total. The summed E-state index contributed by atoms with van der Waals surface area (Å²) in [6, 6.07) is 5.90. The lowest BCUT2D eigenvalue weighted by Crippen LogP contribution is -2.31. The third-order valence-corrected chi connectivity index (χ3v) is 2.50. The Morgan fingerprint density at radius 2 is 1.94 bits per heavy atom. The fraction of sp³-hybridized carbons (Fsp3) is 0.417. The quantitative estimate of drug-likeness (QED) is 0.785. The molecule has 0 aliphatic carbocycles. The number of hydrogen-bond acceptors (Lipinski definition) is 3. The summed E-state index contributed by atoms with van der Waals surface area (Å²) in [7, 11) is 0. The van der Waals surface area contributed by atoms with Gasteiger partial charge < -0.3 is 10.2 Å². The molecule has 88 valence electrons. The van der Waals surface area contributed by atoms with Crippen LogP contribution < -0.4 is 0 Å². The zero-order valence-electron chi connectivity index (χ0n) is 9.06. The second-order valence-electron chi connectivity index (χ2n) is 3.88. The molecule has 16 heavy (non-hydrogen) atoms. The maximum absolute atomic E-state index is 12.6. The lowest BCUT2D eigenvalue weighted by Gasteiger charge is -2.16. The summed E-state index contributed by atoms with van der Waals surface area (Å²) < 4.78 is 12.6. The third-order valence-electron chi connectivity index (χ3n) is 2.50. The molecule has 1 rings (SSSR count). The zero-order valence-corrected chi connectivity index (χ0v) is 9.06. The summed E-state index contributed by atoms with van der Waals surface area (Å²) in [5.41, 5.74) is 0.846. The van der Waals surface area contributed by atoms with Crippen molar-refractivity contribution in [3.05, 3.63) is 35.6 Å². The number of carbonyl (C=O) groups excluding carboxylic acids is 1. The molecular weight excluding hydrogens is 211 g/mol. The molecule has 0 radical (unpaired) electrons. The third kappa shape index (κ3) is 3.40. The first-order valence-electron chi connectivity index (χ1n) is 5.10. The van der Waals surface area contributed by atoms with Crippen LogP contribution in [0.5, 0.6) is 0 Å². The molecule has 4 heteroatoms. The fourth-order valence-electron chi connectivity index (χ4n) is 1.51. The Hall–Kier alpha value is -1.26. The van der Waals surface area contributed by atoms with Crippen LogP contribution in [0.4, 0.5) is 4.39 Å². The summed E-state index contributed by atoms with van der Waals surface area (Å²) in [5, 5.41) is 18.1. The Morgan fingerprint density at radius 3 is 2.44 bits per heavy atom. The van der Waals surface area contributed by atoms with Gasteiger partial charge in [0.2, 0.25) is 0 Å². The van der Waals surface area contributed by atoms with Gasteiger partial charge in [-0.15, -0.1) is 0 Å². The van der Waals surface area contributed by atoms with E-state index in [1.807, 2.05) is 0 Å². The van der Waals surface area contributed by atoms with Crippen LogP contribution in [-0.4, -0.2) is 28.7 Å². The van der Waals surface area contributed by atoms with Crippen LogP contribution in [0.15, 0.2) is 24.3 Å². The number of halogens is 1. The molecular formula is C12H15FO3. The molecule has 0 amide bonds. The highest BCUT2D eigenvalue weighted by Gasteiger charge is 2.21. The van der Waals surface area contributed by atoms with Gasteiger partial charge in [0.15, 0.2) is 5.78 Å². The minimum atomic E-state index is -1.17. The fourth-order valence-corrected chi connectivity index (χ4v) is 1.51. The zero-order chi connectivity index (χ0) is 12.1. The van der Waals surface area contributed by atoms with E-state index in [1.54, 1.807) is 19.1 Å². The lowest BCUT2D eigenvalue weighted by atomic mass is 9.93. The topological polar surface area (TPSA) is 57.5 Å². The molecule has 0 saturated carbocycles. The molecule has 2 atom stereocenters. The first kappa shape index (κ1) is 12.8. The Balaban J connectivity index is 2.60. The standard InChI is InChI=1S/C12H15FO3/c1-8(12(16)11(15)7-14)6-9-2-4-10(13)5-3-9/h2-5,8,12,14,16H,6-7H2,1H3. The summed E-state index contributed by atoms with van der Waals surface area (Å²) in [5.74, 6) is -1.21. The second kappa shape index (κ2) is 5.72. The number of ketones is 1. The molecule has 0 fully saturated rings. The van der Waals surface area contributed by atoms with Crippen LogP contribution in [0.2, 0.25) is 0 Å². The van der Waals surface area contributed by atoms with Crippen molar-refractivity contribution in [1.82, 2.24) is 0 Å². The average Bonchev–Trinajstić information content (AvgIpc) is 2.30. The maximum Gasteiger partial charge on any atom is 0.186 e. The van der Waals surface area contributed by atoms with Gasteiger partial charge in [-0.3, -0.25) is 4.79 Å². The van der Waals surface area contributed by atoms with Crippen LogP contribution in [0.3, 0.4) is 0 Å². The van der Waals surface area contributed by atoms with Crippen LogP contribution in [0, 0.1) is 11.7 Å². The molecule has 2 unspecified atom stereocenters. The summed E-state index contributed by atoms with van der Waals surface area (Å²) in [6.45, 7) is 1.05. The van der Waals surface area contributed by atoms with Gasteiger partial charge in [0, 0.05) is 0 Å². The van der Waals surface area contributed by atoms with Gasteiger partial charge in [-0.1, -0.05) is 19.1 Å². The number of benzene rings is 1. The predicted molar refractivity (Wildman–Crippen MR) is 57.4 cm³/mol. The largest absolute Gasteiger partial charge is 0.388 e. The summed E-state index contributed by atoms with van der Waals surface area (Å²) >= 11 is 0. The van der Waals surface area contributed by atoms with Crippen LogP contribution in [0.1, 0.15) is 12.5 Å². The minimum absolute atomic E-state index is 0.301. The number of aliphatic hydroxyl groups excluding tert-OH is 2. The van der Waals surface area contributed by atoms with Crippen LogP contribution in [-0.2, 0) is 11.2 Å². The smallest absolute Gasteiger partial charge is 0.186 e. The molecule has 0 spiro atoms. The number of hydrogen-bond donors (Lipinski definition) is 2. The van der Waals surface area contributed by atoms with Gasteiger partial charge in [-0.05, 0) is 30.0 Å². The molecule has 0 saturated heterocycles. The van der Waals surface area contributed by atoms with Crippen molar-refractivity contribution < 1.29 is 19.4 Å². The SMILES string of the molecule is CC(Cc1ccc(F)cc1)C(O)C(=O)CO. The van der Waals surface area contributed by atoms with E-state index in [2.05, 4.69) is 0 Å². The van der Waals surface area contributed by atoms with Crippen LogP contribution >= 0.6 is 0 Å². The highest BCUT2D eigenvalue weighted by molar-refractivity contribution is 5.84. The van der Waals surface area contributed by atoms with E-state index in [9.17, 15) is 14.3 Å². The van der Waals surface area contributed by atoms with E-state index >= 15 is 0 Å². The van der Waals surface area contributed by atoms with Crippen molar-refractivity contribution in [2.24, 2.45) is 5.92 Å². The highest BCUT2D eigenvalue weighted by Crippen LogP contribution is 2.13. The molecule has 0 aromatic heterocycles. The van der Waals surface area contributed by atoms with E-state index in [0.717, 1.165) is 5.56 Å². The van der Waals surface area contributed by atoms with Crippen molar-refractivity contribution in [2.75, 3.05) is 6.61 Å². The molecule has 0 aliphatic rings. The molecule has 1 aromatic carbocycles. The summed E-state index contributed by atoms with van der Waals surface area (Å²) in [4.78, 5) is 11.0. The van der Waals surface area contributed by atoms with Gasteiger partial charge in [-0.2, -0.15) is 0 Å². The number of Topliss-reactive ketones (excluding diaryl/α,β-unsaturated/α-hetero) is 1. The molecule has 0 heterocycles. The van der Waals surface area contributed by atoms with E-state index in [1.165, 1.54) is 12.1 Å². The Bertz CT molecular complexity index is 348. The van der Waals surface area contributed by atoms with E-state index in [4.69, 9.17) is 5.11 Å². The molecule has 0 bridgehead atoms. The molecule has 3 nitrogen and oxygen atoms in total. The van der Waals surface area contributed by atoms with Crippen molar-refractivity contribution in [3.63, 3.8) is 0 Å². The number of rotatable bonds is 5. The first-order chi connectivity index (χ1) is 7.54. The monoisotopic (exact) mass is 226 g/mol. The van der Waals surface area contributed by atoms with Gasteiger partial charge in [-0.25, -0.2) is 4.39 Å².